The van der Waals surface area contributed by atoms with Crippen molar-refractivity contribution in [1.82, 2.24) is 9.78 Å². The molecule has 0 spiro atoms. The van der Waals surface area contributed by atoms with Crippen LogP contribution in [0.1, 0.15) is 22.4 Å². The lowest BCUT2D eigenvalue weighted by Gasteiger charge is -2.10. The summed E-state index contributed by atoms with van der Waals surface area (Å²) in [6, 6.07) is 17.7. The second-order valence-electron chi connectivity index (χ2n) is 6.34. The number of carbonyl (C=O) groups is 1. The summed E-state index contributed by atoms with van der Waals surface area (Å²) in [4.78, 5) is 12.5. The number of aryl methyl sites for hydroxylation is 2. The Balaban J connectivity index is 1.70. The van der Waals surface area contributed by atoms with E-state index in [4.69, 9.17) is 4.74 Å². The highest BCUT2D eigenvalue weighted by Gasteiger charge is 2.11. The van der Waals surface area contributed by atoms with Crippen molar-refractivity contribution >= 4 is 11.7 Å². The first kappa shape index (κ1) is 17.7. The lowest BCUT2D eigenvalue weighted by molar-refractivity contribution is -0.115. The summed E-state index contributed by atoms with van der Waals surface area (Å²) in [6.45, 7) is 4.51. The van der Waals surface area contributed by atoms with E-state index in [2.05, 4.69) is 10.4 Å². The van der Waals surface area contributed by atoms with Gasteiger partial charge in [-0.1, -0.05) is 42.5 Å². The van der Waals surface area contributed by atoms with Crippen LogP contribution in [-0.4, -0.2) is 22.8 Å². The van der Waals surface area contributed by atoms with Gasteiger partial charge in [-0.15, -0.1) is 0 Å². The number of hydrogen-bond donors (Lipinski definition) is 1. The lowest BCUT2D eigenvalue weighted by atomic mass is 10.1. The Morgan fingerprint density at radius 2 is 1.85 bits per heavy atom. The summed E-state index contributed by atoms with van der Waals surface area (Å²) in [6.07, 6.45) is 0.306. The molecular formula is C21H23N3O2. The van der Waals surface area contributed by atoms with E-state index in [0.717, 1.165) is 28.1 Å². The number of nitrogens with one attached hydrogen (secondary N) is 1. The zero-order valence-electron chi connectivity index (χ0n) is 15.3. The molecule has 1 heterocycles. The first-order valence-electron chi connectivity index (χ1n) is 8.57. The van der Waals surface area contributed by atoms with Crippen LogP contribution in [0.2, 0.25) is 0 Å². The van der Waals surface area contributed by atoms with E-state index in [-0.39, 0.29) is 5.91 Å². The van der Waals surface area contributed by atoms with E-state index >= 15 is 0 Å². The topological polar surface area (TPSA) is 56.1 Å². The molecular weight excluding hydrogens is 326 g/mol. The molecule has 0 radical (unpaired) electrons. The number of methoxy groups -OCH3 is 1. The highest BCUT2D eigenvalue weighted by Crippen LogP contribution is 2.19. The second-order valence-corrected chi connectivity index (χ2v) is 6.34. The van der Waals surface area contributed by atoms with Gasteiger partial charge in [0.15, 0.2) is 0 Å². The number of carbonyl (C=O) groups excluding carboxylic acids is 1. The van der Waals surface area contributed by atoms with Crippen LogP contribution in [0.25, 0.3) is 0 Å². The molecule has 0 aliphatic carbocycles. The average molecular weight is 349 g/mol. The second kappa shape index (κ2) is 7.87. The van der Waals surface area contributed by atoms with E-state index in [1.807, 2.05) is 73.1 Å². The van der Waals surface area contributed by atoms with E-state index in [1.54, 1.807) is 7.11 Å². The summed E-state index contributed by atoms with van der Waals surface area (Å²) in [7, 11) is 1.64. The third kappa shape index (κ3) is 4.30. The van der Waals surface area contributed by atoms with Crippen molar-refractivity contribution in [3.05, 3.63) is 77.0 Å². The van der Waals surface area contributed by atoms with Crippen LogP contribution in [0.4, 0.5) is 5.82 Å². The smallest absolute Gasteiger partial charge is 0.229 e. The van der Waals surface area contributed by atoms with Gasteiger partial charge in [0.25, 0.3) is 0 Å². The molecule has 0 bridgehead atoms. The SMILES string of the molecule is COc1ccc(CC(=O)Nc2cc(C)nn2Cc2ccccc2)cc1C. The molecule has 5 heteroatoms. The van der Waals surface area contributed by atoms with Crippen molar-refractivity contribution in [2.45, 2.75) is 26.8 Å². The number of aromatic nitrogens is 2. The van der Waals surface area contributed by atoms with Gasteiger partial charge in [0.05, 0.1) is 25.8 Å². The highest BCUT2D eigenvalue weighted by molar-refractivity contribution is 5.91. The third-order valence-electron chi connectivity index (χ3n) is 4.17. The van der Waals surface area contributed by atoms with Crippen LogP contribution in [0.15, 0.2) is 54.6 Å². The quantitative estimate of drug-likeness (QED) is 0.737. The Morgan fingerprint density at radius 1 is 1.08 bits per heavy atom. The maximum Gasteiger partial charge on any atom is 0.229 e. The number of ether oxygens (including phenoxy) is 1. The number of nitrogens with zero attached hydrogens (tertiary/aromatic N) is 2. The Morgan fingerprint density at radius 3 is 2.54 bits per heavy atom. The molecule has 1 aromatic heterocycles. The molecule has 1 N–H and O–H groups in total. The number of hydrogen-bond acceptors (Lipinski definition) is 3. The van der Waals surface area contributed by atoms with E-state index < -0.39 is 0 Å². The van der Waals surface area contributed by atoms with Gasteiger partial charge in [-0.3, -0.25) is 4.79 Å². The summed E-state index contributed by atoms with van der Waals surface area (Å²) >= 11 is 0. The molecule has 0 saturated heterocycles. The largest absolute Gasteiger partial charge is 0.496 e. The predicted octanol–water partition coefficient (Wildman–Crippen LogP) is 3.74. The molecule has 0 aliphatic heterocycles. The third-order valence-corrected chi connectivity index (χ3v) is 4.17. The number of amides is 1. The van der Waals surface area contributed by atoms with Gasteiger partial charge in [-0.25, -0.2) is 4.68 Å². The van der Waals surface area contributed by atoms with Gasteiger partial charge in [0.2, 0.25) is 5.91 Å². The maximum absolute atomic E-state index is 12.5. The number of benzene rings is 2. The molecule has 0 aliphatic rings. The van der Waals surface area contributed by atoms with Gasteiger partial charge in [0.1, 0.15) is 11.6 Å². The van der Waals surface area contributed by atoms with Crippen molar-refractivity contribution in [2.75, 3.05) is 12.4 Å². The molecule has 5 nitrogen and oxygen atoms in total. The zero-order valence-corrected chi connectivity index (χ0v) is 15.3. The molecule has 0 atom stereocenters. The Kier molecular flexibility index (Phi) is 5.37. The maximum atomic E-state index is 12.5. The summed E-state index contributed by atoms with van der Waals surface area (Å²) in [5.74, 6) is 1.47. The van der Waals surface area contributed by atoms with Gasteiger partial charge < -0.3 is 10.1 Å². The van der Waals surface area contributed by atoms with Crippen LogP contribution in [-0.2, 0) is 17.8 Å². The fraction of sp³-hybridized carbons (Fsp3) is 0.238. The predicted molar refractivity (Wildman–Crippen MR) is 103 cm³/mol. The Labute approximate surface area is 153 Å². The van der Waals surface area contributed by atoms with Gasteiger partial charge in [-0.05, 0) is 36.6 Å². The minimum atomic E-state index is -0.0659. The van der Waals surface area contributed by atoms with Crippen LogP contribution in [0.3, 0.4) is 0 Å². The van der Waals surface area contributed by atoms with E-state index in [1.165, 1.54) is 0 Å². The van der Waals surface area contributed by atoms with Gasteiger partial charge in [0, 0.05) is 6.07 Å². The number of rotatable bonds is 6. The van der Waals surface area contributed by atoms with Crippen LogP contribution in [0.5, 0.6) is 5.75 Å². The lowest BCUT2D eigenvalue weighted by Crippen LogP contribution is -2.18. The molecule has 26 heavy (non-hydrogen) atoms. The molecule has 0 saturated carbocycles. The Bertz CT molecular complexity index is 901. The fourth-order valence-corrected chi connectivity index (χ4v) is 2.95. The molecule has 3 aromatic rings. The highest BCUT2D eigenvalue weighted by atomic mass is 16.5. The van der Waals surface area contributed by atoms with E-state index in [9.17, 15) is 4.79 Å². The van der Waals surface area contributed by atoms with Gasteiger partial charge in [-0.2, -0.15) is 5.10 Å². The van der Waals surface area contributed by atoms with Crippen molar-refractivity contribution in [1.29, 1.82) is 0 Å². The van der Waals surface area contributed by atoms with Crippen molar-refractivity contribution in [3.8, 4) is 5.75 Å². The Hall–Kier alpha value is -3.08. The molecule has 2 aromatic carbocycles. The average Bonchev–Trinajstić information content (AvgIpc) is 2.94. The van der Waals surface area contributed by atoms with Crippen molar-refractivity contribution in [3.63, 3.8) is 0 Å². The van der Waals surface area contributed by atoms with E-state index in [0.29, 0.717) is 18.8 Å². The fourth-order valence-electron chi connectivity index (χ4n) is 2.95. The van der Waals surface area contributed by atoms with Crippen LogP contribution in [0, 0.1) is 13.8 Å². The molecule has 0 unspecified atom stereocenters. The molecule has 134 valence electrons. The normalized spacial score (nSPS) is 10.6. The molecule has 0 fully saturated rings. The van der Waals surface area contributed by atoms with Crippen molar-refractivity contribution in [2.24, 2.45) is 0 Å². The molecule has 1 amide bonds. The van der Waals surface area contributed by atoms with Gasteiger partial charge >= 0.3 is 0 Å². The van der Waals surface area contributed by atoms with Crippen molar-refractivity contribution < 1.29 is 9.53 Å². The summed E-state index contributed by atoms with van der Waals surface area (Å²) in [5, 5.41) is 7.47. The monoisotopic (exact) mass is 349 g/mol. The zero-order chi connectivity index (χ0) is 18.5. The summed E-state index contributed by atoms with van der Waals surface area (Å²) in [5.41, 5.74) is 3.97. The van der Waals surface area contributed by atoms with Crippen LogP contribution >= 0.6 is 0 Å². The summed E-state index contributed by atoms with van der Waals surface area (Å²) < 4.78 is 7.08. The molecule has 3 rings (SSSR count). The van der Waals surface area contributed by atoms with Crippen LogP contribution < -0.4 is 10.1 Å². The minimum absolute atomic E-state index is 0.0659. The first-order chi connectivity index (χ1) is 12.5. The minimum Gasteiger partial charge on any atom is -0.496 e. The number of anilines is 1. The first-order valence-corrected chi connectivity index (χ1v) is 8.57. The standard InChI is InChI=1S/C21H23N3O2/c1-15-11-18(9-10-19(15)26-3)13-21(25)22-20-12-16(2)23-24(20)14-17-7-5-4-6-8-17/h4-12H,13-14H2,1-3H3,(H,22,25).